The predicted molar refractivity (Wildman–Crippen MR) is 113 cm³/mol. The monoisotopic (exact) mass is 408 g/mol. The zero-order valence-electron chi connectivity index (χ0n) is 14.7. The first-order valence-corrected chi connectivity index (χ1v) is 9.61. The summed E-state index contributed by atoms with van der Waals surface area (Å²) in [6.07, 6.45) is 0.796. The van der Waals surface area contributed by atoms with Crippen molar-refractivity contribution in [3.05, 3.63) is 70.7 Å². The lowest BCUT2D eigenvalue weighted by molar-refractivity contribution is 0.102. The molecular formula is C19H16N6OS2. The topological polar surface area (TPSA) is 103 Å². The van der Waals surface area contributed by atoms with E-state index in [1.165, 1.54) is 0 Å². The number of nitrogens with zero attached hydrogens (tertiary/aromatic N) is 3. The number of aromatic nitrogens is 2. The Balaban J connectivity index is 1.43. The summed E-state index contributed by atoms with van der Waals surface area (Å²) in [6.45, 7) is 0.674. The minimum absolute atomic E-state index is 0.292. The van der Waals surface area contributed by atoms with Crippen LogP contribution in [0.5, 0.6) is 0 Å². The number of thiocarbonyl (C=S) groups is 1. The number of rotatable bonds is 6. The van der Waals surface area contributed by atoms with E-state index in [0.29, 0.717) is 28.6 Å². The van der Waals surface area contributed by atoms with Crippen LogP contribution in [0.4, 0.5) is 11.4 Å². The summed E-state index contributed by atoms with van der Waals surface area (Å²) < 4.78 is 3.67. The van der Waals surface area contributed by atoms with E-state index < -0.39 is 0 Å². The van der Waals surface area contributed by atoms with Crippen LogP contribution in [0, 0.1) is 11.3 Å². The molecule has 0 saturated heterocycles. The lowest BCUT2D eigenvalue weighted by Gasteiger charge is -2.11. The average Bonchev–Trinajstić information content (AvgIpc) is 3.25. The van der Waals surface area contributed by atoms with Crippen LogP contribution >= 0.6 is 23.8 Å². The fourth-order valence-corrected chi connectivity index (χ4v) is 2.99. The molecule has 0 aliphatic rings. The van der Waals surface area contributed by atoms with E-state index in [4.69, 9.17) is 17.5 Å². The first-order valence-electron chi connectivity index (χ1n) is 8.36. The molecule has 1 aromatic heterocycles. The maximum absolute atomic E-state index is 11.9. The van der Waals surface area contributed by atoms with Gasteiger partial charge in [-0.1, -0.05) is 16.6 Å². The molecule has 1 amide bonds. The Labute approximate surface area is 171 Å². The molecule has 0 spiro atoms. The summed E-state index contributed by atoms with van der Waals surface area (Å²) in [4.78, 5) is 11.9. The van der Waals surface area contributed by atoms with Gasteiger partial charge in [-0.25, -0.2) is 0 Å². The van der Waals surface area contributed by atoms with Crippen LogP contribution in [0.1, 0.15) is 21.6 Å². The van der Waals surface area contributed by atoms with Crippen molar-refractivity contribution in [3.63, 3.8) is 0 Å². The number of amides is 1. The average molecular weight is 409 g/mol. The van der Waals surface area contributed by atoms with E-state index in [2.05, 4.69) is 31.6 Å². The summed E-state index contributed by atoms with van der Waals surface area (Å²) in [7, 11) is 0. The number of nitriles is 1. The van der Waals surface area contributed by atoms with Crippen molar-refractivity contribution in [1.29, 1.82) is 5.26 Å². The Morgan fingerprint density at radius 1 is 1.07 bits per heavy atom. The van der Waals surface area contributed by atoms with Crippen LogP contribution in [-0.2, 0) is 6.42 Å². The Bertz CT molecular complexity index is 979. The number of carbonyl (C=O) groups is 1. The lowest BCUT2D eigenvalue weighted by atomic mass is 10.1. The summed E-state index contributed by atoms with van der Waals surface area (Å²) >= 11 is 6.43. The number of carbonyl (C=O) groups excluding carboxylic acids is 1. The second-order valence-electron chi connectivity index (χ2n) is 5.76. The Kier molecular flexibility index (Phi) is 6.62. The van der Waals surface area contributed by atoms with Gasteiger partial charge in [0.25, 0.3) is 5.91 Å². The fraction of sp³-hybridized carbons (Fsp3) is 0.105. The molecule has 0 saturated carbocycles. The smallest absolute Gasteiger partial charge is 0.277 e. The standard InChI is InChI=1S/C19H16N6OS2/c20-11-14-3-1-13(2-4-14)9-10-21-19(27)23-16-7-5-15(6-8-16)22-18(26)17-12-28-25-24-17/h1-8,12H,9-10H2,(H,22,26)(H2,21,23,27). The first kappa shape index (κ1) is 19.4. The van der Waals surface area contributed by atoms with Crippen molar-refractivity contribution in [2.75, 3.05) is 17.2 Å². The summed E-state index contributed by atoms with van der Waals surface area (Å²) in [5.74, 6) is -0.297. The van der Waals surface area contributed by atoms with E-state index in [1.54, 1.807) is 29.6 Å². The molecule has 3 N–H and O–H groups in total. The molecule has 0 atom stereocenters. The minimum atomic E-state index is -0.297. The molecule has 140 valence electrons. The molecule has 28 heavy (non-hydrogen) atoms. The molecule has 3 rings (SSSR count). The van der Waals surface area contributed by atoms with Gasteiger partial charge in [-0.2, -0.15) is 5.26 Å². The fourth-order valence-electron chi connectivity index (χ4n) is 2.34. The SMILES string of the molecule is N#Cc1ccc(CCNC(=S)Nc2ccc(NC(=O)c3csnn3)cc2)cc1. The molecule has 0 aliphatic heterocycles. The van der Waals surface area contributed by atoms with Gasteiger partial charge in [-0.3, -0.25) is 4.79 Å². The number of anilines is 2. The molecule has 9 heteroatoms. The van der Waals surface area contributed by atoms with Crippen molar-refractivity contribution in [2.24, 2.45) is 0 Å². The van der Waals surface area contributed by atoms with Crippen LogP contribution in [-0.4, -0.2) is 27.2 Å². The molecule has 0 unspecified atom stereocenters. The molecule has 0 radical (unpaired) electrons. The lowest BCUT2D eigenvalue weighted by Crippen LogP contribution is -2.30. The van der Waals surface area contributed by atoms with Gasteiger partial charge < -0.3 is 16.0 Å². The highest BCUT2D eigenvalue weighted by Crippen LogP contribution is 2.14. The van der Waals surface area contributed by atoms with Gasteiger partial charge in [-0.05, 0) is 72.1 Å². The molecule has 2 aromatic carbocycles. The van der Waals surface area contributed by atoms with E-state index in [1.807, 2.05) is 24.3 Å². The second kappa shape index (κ2) is 9.55. The van der Waals surface area contributed by atoms with Crippen molar-refractivity contribution in [1.82, 2.24) is 14.9 Å². The van der Waals surface area contributed by atoms with Crippen molar-refractivity contribution >= 4 is 46.1 Å². The number of benzene rings is 2. The maximum atomic E-state index is 11.9. The predicted octanol–water partition coefficient (Wildman–Crippen LogP) is 3.19. The number of nitrogens with one attached hydrogen (secondary N) is 3. The van der Waals surface area contributed by atoms with Crippen molar-refractivity contribution < 1.29 is 4.79 Å². The largest absolute Gasteiger partial charge is 0.362 e. The number of hydrogen-bond acceptors (Lipinski definition) is 6. The molecule has 0 fully saturated rings. The normalized spacial score (nSPS) is 9.96. The molecule has 0 bridgehead atoms. The van der Waals surface area contributed by atoms with Gasteiger partial charge in [0, 0.05) is 23.3 Å². The van der Waals surface area contributed by atoms with Gasteiger partial charge in [0.1, 0.15) is 0 Å². The third-order valence-electron chi connectivity index (χ3n) is 3.78. The Hall–Kier alpha value is -3.35. The summed E-state index contributed by atoms with van der Waals surface area (Å²) in [5.41, 5.74) is 3.54. The van der Waals surface area contributed by atoms with Gasteiger partial charge in [0.05, 0.1) is 11.6 Å². The van der Waals surface area contributed by atoms with Gasteiger partial charge in [-0.15, -0.1) is 5.10 Å². The second-order valence-corrected chi connectivity index (χ2v) is 6.78. The van der Waals surface area contributed by atoms with Crippen molar-refractivity contribution in [2.45, 2.75) is 6.42 Å². The molecule has 0 aliphatic carbocycles. The van der Waals surface area contributed by atoms with E-state index in [0.717, 1.165) is 29.2 Å². The first-order chi connectivity index (χ1) is 13.6. The minimum Gasteiger partial charge on any atom is -0.362 e. The highest BCUT2D eigenvalue weighted by atomic mass is 32.1. The maximum Gasteiger partial charge on any atom is 0.277 e. The highest BCUT2D eigenvalue weighted by molar-refractivity contribution is 7.80. The van der Waals surface area contributed by atoms with Crippen LogP contribution < -0.4 is 16.0 Å². The molecule has 1 heterocycles. The Morgan fingerprint density at radius 2 is 1.75 bits per heavy atom. The van der Waals surface area contributed by atoms with Crippen LogP contribution in [0.25, 0.3) is 0 Å². The molecule has 3 aromatic rings. The van der Waals surface area contributed by atoms with Gasteiger partial charge in [0.15, 0.2) is 10.8 Å². The van der Waals surface area contributed by atoms with E-state index in [9.17, 15) is 4.79 Å². The van der Waals surface area contributed by atoms with Gasteiger partial charge >= 0.3 is 0 Å². The van der Waals surface area contributed by atoms with Crippen molar-refractivity contribution in [3.8, 4) is 6.07 Å². The van der Waals surface area contributed by atoms with Gasteiger partial charge in [0.2, 0.25) is 0 Å². The zero-order chi connectivity index (χ0) is 19.8. The third-order valence-corrected chi connectivity index (χ3v) is 4.53. The summed E-state index contributed by atoms with van der Waals surface area (Å²) in [5, 5.41) is 23.6. The quantitative estimate of drug-likeness (QED) is 0.538. The number of hydrogen-bond donors (Lipinski definition) is 3. The van der Waals surface area contributed by atoms with Crippen LogP contribution in [0.3, 0.4) is 0 Å². The molecule has 7 nitrogen and oxygen atoms in total. The highest BCUT2D eigenvalue weighted by Gasteiger charge is 2.08. The zero-order valence-corrected chi connectivity index (χ0v) is 16.3. The van der Waals surface area contributed by atoms with Crippen LogP contribution in [0.15, 0.2) is 53.9 Å². The van der Waals surface area contributed by atoms with E-state index in [-0.39, 0.29) is 5.91 Å². The third kappa shape index (κ3) is 5.57. The van der Waals surface area contributed by atoms with E-state index >= 15 is 0 Å². The summed E-state index contributed by atoms with van der Waals surface area (Å²) in [6, 6.07) is 16.8. The Morgan fingerprint density at radius 3 is 2.36 bits per heavy atom. The molecular weight excluding hydrogens is 392 g/mol. The van der Waals surface area contributed by atoms with Crippen LogP contribution in [0.2, 0.25) is 0 Å².